The molecule has 6 heteroatoms. The summed E-state index contributed by atoms with van der Waals surface area (Å²) in [6.45, 7) is 1.72. The molecule has 0 aliphatic carbocycles. The van der Waals surface area contributed by atoms with E-state index in [0.29, 0.717) is 12.2 Å². The predicted octanol–water partition coefficient (Wildman–Crippen LogP) is 1.22. The topological polar surface area (TPSA) is 72.2 Å². The fourth-order valence-electron chi connectivity index (χ4n) is 1.83. The van der Waals surface area contributed by atoms with E-state index in [9.17, 15) is 13.5 Å². The number of hydrogen-bond acceptors (Lipinski definition) is 4. The first kappa shape index (κ1) is 13.8. The maximum atomic E-state index is 12.0. The standard InChI is InChI=1S/C13H16N2O3S/c1-2-19(17,18)13-14-8-12(10-16)15(13)9-11-6-4-3-5-7-11/h3-8,16H,2,9-10H2,1H3. The minimum Gasteiger partial charge on any atom is -0.390 e. The lowest BCUT2D eigenvalue weighted by atomic mass is 10.2. The van der Waals surface area contributed by atoms with Crippen LogP contribution in [0.1, 0.15) is 18.2 Å². The lowest BCUT2D eigenvalue weighted by Crippen LogP contribution is -2.15. The molecule has 0 bridgehead atoms. The molecule has 0 saturated carbocycles. The summed E-state index contributed by atoms with van der Waals surface area (Å²) in [4.78, 5) is 3.94. The zero-order chi connectivity index (χ0) is 13.9. The lowest BCUT2D eigenvalue weighted by molar-refractivity contribution is 0.270. The van der Waals surface area contributed by atoms with Gasteiger partial charge in [0.25, 0.3) is 0 Å². The van der Waals surface area contributed by atoms with Gasteiger partial charge in [0.15, 0.2) is 0 Å². The van der Waals surface area contributed by atoms with Crippen LogP contribution in [0.2, 0.25) is 0 Å². The van der Waals surface area contributed by atoms with Crippen LogP contribution in [0.4, 0.5) is 0 Å². The fraction of sp³-hybridized carbons (Fsp3) is 0.308. The molecule has 1 aromatic carbocycles. The molecule has 1 heterocycles. The van der Waals surface area contributed by atoms with Crippen LogP contribution < -0.4 is 0 Å². The number of sulfone groups is 1. The molecule has 0 spiro atoms. The molecular weight excluding hydrogens is 264 g/mol. The highest BCUT2D eigenvalue weighted by molar-refractivity contribution is 7.91. The first-order valence-corrected chi connectivity index (χ1v) is 7.65. The van der Waals surface area contributed by atoms with E-state index < -0.39 is 9.84 Å². The first-order chi connectivity index (χ1) is 9.08. The lowest BCUT2D eigenvalue weighted by Gasteiger charge is -2.10. The van der Waals surface area contributed by atoms with Gasteiger partial charge in [-0.25, -0.2) is 13.4 Å². The van der Waals surface area contributed by atoms with Crippen LogP contribution >= 0.6 is 0 Å². The Morgan fingerprint density at radius 1 is 1.26 bits per heavy atom. The monoisotopic (exact) mass is 280 g/mol. The Labute approximate surface area is 112 Å². The number of benzene rings is 1. The molecule has 0 radical (unpaired) electrons. The summed E-state index contributed by atoms with van der Waals surface area (Å²) in [6.07, 6.45) is 1.41. The minimum absolute atomic E-state index is 0.0102. The Hall–Kier alpha value is -1.66. The van der Waals surface area contributed by atoms with Crippen molar-refractivity contribution in [3.05, 3.63) is 47.8 Å². The quantitative estimate of drug-likeness (QED) is 0.893. The largest absolute Gasteiger partial charge is 0.390 e. The number of nitrogens with zero attached hydrogens (tertiary/aromatic N) is 2. The Balaban J connectivity index is 2.46. The molecule has 0 unspecified atom stereocenters. The predicted molar refractivity (Wildman–Crippen MR) is 71.4 cm³/mol. The van der Waals surface area contributed by atoms with Crippen molar-refractivity contribution in [2.24, 2.45) is 0 Å². The van der Waals surface area contributed by atoms with Crippen molar-refractivity contribution >= 4 is 9.84 Å². The number of aliphatic hydroxyl groups excluding tert-OH is 1. The Kier molecular flexibility index (Phi) is 4.01. The third-order valence-electron chi connectivity index (χ3n) is 2.91. The minimum atomic E-state index is -3.40. The van der Waals surface area contributed by atoms with E-state index >= 15 is 0 Å². The van der Waals surface area contributed by atoms with E-state index in [1.165, 1.54) is 6.20 Å². The van der Waals surface area contributed by atoms with Gasteiger partial charge < -0.3 is 9.67 Å². The van der Waals surface area contributed by atoms with Crippen molar-refractivity contribution in [1.29, 1.82) is 0 Å². The summed E-state index contributed by atoms with van der Waals surface area (Å²) in [5.74, 6) is -0.0102. The maximum absolute atomic E-state index is 12.0. The molecule has 0 saturated heterocycles. The highest BCUT2D eigenvalue weighted by Crippen LogP contribution is 2.15. The van der Waals surface area contributed by atoms with E-state index in [1.807, 2.05) is 30.3 Å². The normalized spacial score (nSPS) is 11.7. The van der Waals surface area contributed by atoms with Crippen LogP contribution in [0.25, 0.3) is 0 Å². The Morgan fingerprint density at radius 2 is 1.95 bits per heavy atom. The second-order valence-corrected chi connectivity index (χ2v) is 6.34. The van der Waals surface area contributed by atoms with Gasteiger partial charge in [-0.1, -0.05) is 37.3 Å². The first-order valence-electron chi connectivity index (χ1n) is 6.00. The van der Waals surface area contributed by atoms with E-state index in [-0.39, 0.29) is 17.5 Å². The van der Waals surface area contributed by atoms with Gasteiger partial charge in [0, 0.05) is 0 Å². The Bertz CT molecular complexity index is 648. The maximum Gasteiger partial charge on any atom is 0.228 e. The zero-order valence-electron chi connectivity index (χ0n) is 10.7. The second kappa shape index (κ2) is 5.54. The molecule has 19 heavy (non-hydrogen) atoms. The van der Waals surface area contributed by atoms with Crippen LogP contribution in [-0.4, -0.2) is 28.8 Å². The van der Waals surface area contributed by atoms with Gasteiger partial charge in [0.05, 0.1) is 30.8 Å². The van der Waals surface area contributed by atoms with Crippen molar-refractivity contribution in [2.45, 2.75) is 25.2 Å². The summed E-state index contributed by atoms with van der Waals surface area (Å²) in [7, 11) is -3.40. The van der Waals surface area contributed by atoms with Crippen molar-refractivity contribution in [3.63, 3.8) is 0 Å². The van der Waals surface area contributed by atoms with E-state index in [1.54, 1.807) is 11.5 Å². The van der Waals surface area contributed by atoms with Gasteiger partial charge in [-0.05, 0) is 5.56 Å². The van der Waals surface area contributed by atoms with Gasteiger partial charge in [0.2, 0.25) is 15.0 Å². The third-order valence-corrected chi connectivity index (χ3v) is 4.55. The molecule has 0 aliphatic heterocycles. The molecular formula is C13H16N2O3S. The molecule has 5 nitrogen and oxygen atoms in total. The molecule has 2 rings (SSSR count). The smallest absolute Gasteiger partial charge is 0.228 e. The van der Waals surface area contributed by atoms with Gasteiger partial charge in [-0.2, -0.15) is 0 Å². The van der Waals surface area contributed by atoms with Crippen LogP contribution in [0.5, 0.6) is 0 Å². The van der Waals surface area contributed by atoms with Crippen LogP contribution in [0, 0.1) is 0 Å². The Morgan fingerprint density at radius 3 is 2.53 bits per heavy atom. The van der Waals surface area contributed by atoms with E-state index in [0.717, 1.165) is 5.56 Å². The zero-order valence-corrected chi connectivity index (χ0v) is 11.5. The van der Waals surface area contributed by atoms with Gasteiger partial charge in [0.1, 0.15) is 0 Å². The number of imidazole rings is 1. The summed E-state index contributed by atoms with van der Waals surface area (Å²) < 4.78 is 25.5. The highest BCUT2D eigenvalue weighted by atomic mass is 32.2. The van der Waals surface area contributed by atoms with Crippen molar-refractivity contribution in [3.8, 4) is 0 Å². The number of aromatic nitrogens is 2. The van der Waals surface area contributed by atoms with Crippen molar-refractivity contribution in [2.75, 3.05) is 5.75 Å². The second-order valence-electron chi connectivity index (χ2n) is 4.17. The van der Waals surface area contributed by atoms with Gasteiger partial charge >= 0.3 is 0 Å². The summed E-state index contributed by atoms with van der Waals surface area (Å²) >= 11 is 0. The number of rotatable bonds is 5. The molecule has 102 valence electrons. The van der Waals surface area contributed by atoms with Crippen LogP contribution in [0.15, 0.2) is 41.7 Å². The summed E-state index contributed by atoms with van der Waals surface area (Å²) in [6, 6.07) is 9.48. The third kappa shape index (κ3) is 2.85. The van der Waals surface area contributed by atoms with Gasteiger partial charge in [-0.15, -0.1) is 0 Å². The molecule has 1 N–H and O–H groups in total. The SMILES string of the molecule is CCS(=O)(=O)c1ncc(CO)n1Cc1ccccc1. The summed E-state index contributed by atoms with van der Waals surface area (Å²) in [5, 5.41) is 9.31. The average molecular weight is 280 g/mol. The molecule has 0 fully saturated rings. The van der Waals surface area contributed by atoms with Crippen LogP contribution in [0.3, 0.4) is 0 Å². The van der Waals surface area contributed by atoms with E-state index in [2.05, 4.69) is 4.98 Å². The summed E-state index contributed by atoms with van der Waals surface area (Å²) in [5.41, 5.74) is 1.46. The highest BCUT2D eigenvalue weighted by Gasteiger charge is 2.21. The molecule has 0 atom stereocenters. The average Bonchev–Trinajstić information content (AvgIpc) is 2.83. The number of hydrogen-bond donors (Lipinski definition) is 1. The van der Waals surface area contributed by atoms with Gasteiger partial charge in [-0.3, -0.25) is 0 Å². The fourth-order valence-corrected chi connectivity index (χ4v) is 2.82. The molecule has 0 amide bonds. The van der Waals surface area contributed by atoms with E-state index in [4.69, 9.17) is 0 Å². The number of aliphatic hydroxyl groups is 1. The molecule has 2 aromatic rings. The van der Waals surface area contributed by atoms with Crippen LogP contribution in [-0.2, 0) is 23.0 Å². The molecule has 0 aliphatic rings. The van der Waals surface area contributed by atoms with Crippen molar-refractivity contribution in [1.82, 2.24) is 9.55 Å². The van der Waals surface area contributed by atoms with Crippen molar-refractivity contribution < 1.29 is 13.5 Å². The molecule has 1 aromatic heterocycles.